The van der Waals surface area contributed by atoms with Gasteiger partial charge in [-0.1, -0.05) is 24.3 Å². The Hall–Kier alpha value is -3.42. The number of imidazole rings is 2. The summed E-state index contributed by atoms with van der Waals surface area (Å²) >= 11 is 0. The van der Waals surface area contributed by atoms with Crippen molar-refractivity contribution in [3.05, 3.63) is 71.8 Å². The SMILES string of the molecule is O=C(NCc1cccc(CNC(=O)C2CCn3cncc3C2)c1)C1CCn2cncc2C1. The zero-order chi connectivity index (χ0) is 21.9. The Balaban J connectivity index is 1.11. The number of carbonyl (C=O) groups excluding carboxylic acids is 2. The molecule has 2 N–H and O–H groups in total. The highest BCUT2D eigenvalue weighted by atomic mass is 16.2. The van der Waals surface area contributed by atoms with E-state index in [9.17, 15) is 9.59 Å². The monoisotopic (exact) mass is 432 g/mol. The maximum Gasteiger partial charge on any atom is 0.223 e. The predicted molar refractivity (Wildman–Crippen MR) is 118 cm³/mol. The molecule has 0 fully saturated rings. The maximum atomic E-state index is 12.6. The summed E-state index contributed by atoms with van der Waals surface area (Å²) in [6.07, 6.45) is 10.5. The fourth-order valence-corrected chi connectivity index (χ4v) is 4.70. The van der Waals surface area contributed by atoms with Crippen molar-refractivity contribution in [2.75, 3.05) is 0 Å². The smallest absolute Gasteiger partial charge is 0.223 e. The number of aryl methyl sites for hydroxylation is 2. The zero-order valence-electron chi connectivity index (χ0n) is 18.0. The van der Waals surface area contributed by atoms with Gasteiger partial charge in [-0.3, -0.25) is 9.59 Å². The molecule has 8 heteroatoms. The van der Waals surface area contributed by atoms with Crippen LogP contribution in [0, 0.1) is 11.8 Å². The molecule has 2 unspecified atom stereocenters. The molecule has 3 aromatic rings. The highest BCUT2D eigenvalue weighted by molar-refractivity contribution is 5.79. The first-order chi connectivity index (χ1) is 15.7. The van der Waals surface area contributed by atoms with Gasteiger partial charge in [-0.05, 0) is 24.0 Å². The molecule has 166 valence electrons. The van der Waals surface area contributed by atoms with Gasteiger partial charge in [-0.2, -0.15) is 0 Å². The number of hydrogen-bond donors (Lipinski definition) is 2. The summed E-state index contributed by atoms with van der Waals surface area (Å²) in [6.45, 7) is 2.66. The molecule has 5 rings (SSSR count). The van der Waals surface area contributed by atoms with Crippen LogP contribution in [0.3, 0.4) is 0 Å². The minimum absolute atomic E-state index is 0.00605. The number of aromatic nitrogens is 4. The fourth-order valence-electron chi connectivity index (χ4n) is 4.70. The van der Waals surface area contributed by atoms with E-state index < -0.39 is 0 Å². The Morgan fingerprint density at radius 2 is 1.34 bits per heavy atom. The van der Waals surface area contributed by atoms with Gasteiger partial charge in [-0.15, -0.1) is 0 Å². The van der Waals surface area contributed by atoms with Gasteiger partial charge in [0.15, 0.2) is 0 Å². The quantitative estimate of drug-likeness (QED) is 0.622. The van der Waals surface area contributed by atoms with Crippen molar-refractivity contribution in [3.8, 4) is 0 Å². The summed E-state index contributed by atoms with van der Waals surface area (Å²) in [6, 6.07) is 8.03. The predicted octanol–water partition coefficient (Wildman–Crippen LogP) is 1.84. The minimum Gasteiger partial charge on any atom is -0.352 e. The number of nitrogens with one attached hydrogen (secondary N) is 2. The Labute approximate surface area is 187 Å². The number of rotatable bonds is 6. The first kappa shape index (κ1) is 20.5. The van der Waals surface area contributed by atoms with E-state index in [1.165, 1.54) is 0 Å². The van der Waals surface area contributed by atoms with Crippen molar-refractivity contribution in [3.63, 3.8) is 0 Å². The van der Waals surface area contributed by atoms with Crippen LogP contribution >= 0.6 is 0 Å². The lowest BCUT2D eigenvalue weighted by atomic mass is 9.95. The van der Waals surface area contributed by atoms with E-state index in [1.807, 2.05) is 49.3 Å². The summed E-state index contributed by atoms with van der Waals surface area (Å²) in [5.41, 5.74) is 4.31. The van der Waals surface area contributed by atoms with Crippen molar-refractivity contribution in [1.29, 1.82) is 0 Å². The summed E-state index contributed by atoms with van der Waals surface area (Å²) in [5.74, 6) is 0.169. The van der Waals surface area contributed by atoms with Crippen LogP contribution in [0.25, 0.3) is 0 Å². The summed E-state index contributed by atoms with van der Waals surface area (Å²) in [7, 11) is 0. The standard InChI is InChI=1S/C24H28N6O2/c31-23(19-4-6-29-15-25-13-21(29)9-19)27-11-17-2-1-3-18(8-17)12-28-24(32)20-5-7-30-16-26-14-22(30)10-20/h1-3,8,13-16,19-20H,4-7,9-12H2,(H,27,31)(H,28,32). The van der Waals surface area contributed by atoms with Gasteiger partial charge in [0, 0.05) is 74.6 Å². The lowest BCUT2D eigenvalue weighted by Gasteiger charge is -2.23. The molecule has 32 heavy (non-hydrogen) atoms. The van der Waals surface area contributed by atoms with Gasteiger partial charge >= 0.3 is 0 Å². The van der Waals surface area contributed by atoms with E-state index in [2.05, 4.69) is 29.7 Å². The molecule has 2 atom stereocenters. The van der Waals surface area contributed by atoms with E-state index in [0.717, 1.165) is 61.3 Å². The molecule has 0 saturated heterocycles. The topological polar surface area (TPSA) is 93.8 Å². The third-order valence-corrected chi connectivity index (χ3v) is 6.61. The van der Waals surface area contributed by atoms with Crippen molar-refractivity contribution in [2.45, 2.75) is 51.9 Å². The van der Waals surface area contributed by atoms with Crippen LogP contribution in [0.5, 0.6) is 0 Å². The first-order valence-electron chi connectivity index (χ1n) is 11.3. The summed E-state index contributed by atoms with van der Waals surface area (Å²) < 4.78 is 4.23. The summed E-state index contributed by atoms with van der Waals surface area (Å²) in [5, 5.41) is 6.16. The van der Waals surface area contributed by atoms with E-state index >= 15 is 0 Å². The first-order valence-corrected chi connectivity index (χ1v) is 11.3. The molecule has 2 aliphatic rings. The van der Waals surface area contributed by atoms with Crippen LogP contribution in [0.15, 0.2) is 49.3 Å². The normalized spacial score (nSPS) is 19.6. The lowest BCUT2D eigenvalue weighted by molar-refractivity contribution is -0.126. The highest BCUT2D eigenvalue weighted by Crippen LogP contribution is 2.21. The molecule has 8 nitrogen and oxygen atoms in total. The summed E-state index contributed by atoms with van der Waals surface area (Å²) in [4.78, 5) is 33.6. The number of nitrogens with zero attached hydrogens (tertiary/aromatic N) is 4. The van der Waals surface area contributed by atoms with Crippen LogP contribution in [0.2, 0.25) is 0 Å². The zero-order valence-corrected chi connectivity index (χ0v) is 18.0. The Morgan fingerprint density at radius 1 is 0.844 bits per heavy atom. The molecule has 4 heterocycles. The van der Waals surface area contributed by atoms with Crippen molar-refractivity contribution >= 4 is 11.8 Å². The largest absolute Gasteiger partial charge is 0.352 e. The molecule has 0 aliphatic carbocycles. The van der Waals surface area contributed by atoms with E-state index in [0.29, 0.717) is 13.1 Å². The molecule has 2 amide bonds. The molecular formula is C24H28N6O2. The Kier molecular flexibility index (Phi) is 5.75. The van der Waals surface area contributed by atoms with E-state index in [1.54, 1.807) is 0 Å². The Bertz CT molecular complexity index is 1030. The van der Waals surface area contributed by atoms with Crippen molar-refractivity contribution in [2.24, 2.45) is 11.8 Å². The minimum atomic E-state index is -0.00605. The number of hydrogen-bond acceptors (Lipinski definition) is 4. The van der Waals surface area contributed by atoms with Crippen LogP contribution in [-0.4, -0.2) is 30.9 Å². The van der Waals surface area contributed by atoms with Crippen LogP contribution in [0.1, 0.15) is 35.4 Å². The van der Waals surface area contributed by atoms with Gasteiger partial charge in [0.1, 0.15) is 0 Å². The number of amides is 2. The molecule has 2 aromatic heterocycles. The molecule has 0 saturated carbocycles. The molecule has 0 spiro atoms. The van der Waals surface area contributed by atoms with Crippen molar-refractivity contribution in [1.82, 2.24) is 29.7 Å². The molecule has 0 bridgehead atoms. The molecule has 2 aliphatic heterocycles. The Morgan fingerprint density at radius 3 is 1.84 bits per heavy atom. The second kappa shape index (κ2) is 8.98. The van der Waals surface area contributed by atoms with Gasteiger partial charge in [0.25, 0.3) is 0 Å². The number of fused-ring (bicyclic) bond motifs is 2. The van der Waals surface area contributed by atoms with Gasteiger partial charge in [0.2, 0.25) is 11.8 Å². The lowest BCUT2D eigenvalue weighted by Crippen LogP contribution is -2.35. The highest BCUT2D eigenvalue weighted by Gasteiger charge is 2.25. The second-order valence-electron chi connectivity index (χ2n) is 8.79. The van der Waals surface area contributed by atoms with Crippen molar-refractivity contribution < 1.29 is 9.59 Å². The van der Waals surface area contributed by atoms with Crippen LogP contribution in [0.4, 0.5) is 0 Å². The molecule has 0 radical (unpaired) electrons. The van der Waals surface area contributed by atoms with Crippen LogP contribution in [-0.2, 0) is 48.6 Å². The van der Waals surface area contributed by atoms with Crippen LogP contribution < -0.4 is 10.6 Å². The van der Waals surface area contributed by atoms with E-state index in [4.69, 9.17) is 0 Å². The molecular weight excluding hydrogens is 404 g/mol. The third kappa shape index (κ3) is 4.44. The number of carbonyl (C=O) groups is 2. The average Bonchev–Trinajstić information content (AvgIpc) is 3.49. The maximum absolute atomic E-state index is 12.6. The van der Waals surface area contributed by atoms with E-state index in [-0.39, 0.29) is 23.7 Å². The van der Waals surface area contributed by atoms with Gasteiger partial charge < -0.3 is 19.8 Å². The second-order valence-corrected chi connectivity index (χ2v) is 8.79. The third-order valence-electron chi connectivity index (χ3n) is 6.61. The van der Waals surface area contributed by atoms with Gasteiger partial charge in [0.05, 0.1) is 12.7 Å². The molecule has 1 aromatic carbocycles. The fraction of sp³-hybridized carbons (Fsp3) is 0.417. The number of benzene rings is 1. The van der Waals surface area contributed by atoms with Gasteiger partial charge in [-0.25, -0.2) is 9.97 Å². The average molecular weight is 433 g/mol.